The van der Waals surface area contributed by atoms with Crippen LogP contribution in [0.5, 0.6) is 0 Å². The van der Waals surface area contributed by atoms with E-state index in [4.69, 9.17) is 10.5 Å². The lowest BCUT2D eigenvalue weighted by molar-refractivity contribution is 0.0365. The van der Waals surface area contributed by atoms with Crippen molar-refractivity contribution in [3.63, 3.8) is 0 Å². The quantitative estimate of drug-likeness (QED) is 0.844. The Morgan fingerprint density at radius 2 is 2.12 bits per heavy atom. The maximum atomic E-state index is 10.7. The first-order chi connectivity index (χ1) is 8.01. The lowest BCUT2D eigenvalue weighted by Gasteiger charge is -2.42. The fourth-order valence-electron chi connectivity index (χ4n) is 2.26. The van der Waals surface area contributed by atoms with Gasteiger partial charge in [0.15, 0.2) is 0 Å². The third kappa shape index (κ3) is 2.42. The molecular weight excluding hydrogens is 216 g/mol. The Bertz CT molecular complexity index is 433. The van der Waals surface area contributed by atoms with E-state index in [1.165, 1.54) is 11.1 Å². The molecule has 2 rings (SSSR count). The summed E-state index contributed by atoms with van der Waals surface area (Å²) in [5.41, 5.74) is 7.51. The zero-order valence-electron chi connectivity index (χ0n) is 10.3. The lowest BCUT2D eigenvalue weighted by Crippen LogP contribution is -2.52. The van der Waals surface area contributed by atoms with Crippen molar-refractivity contribution in [2.45, 2.75) is 25.4 Å². The van der Waals surface area contributed by atoms with E-state index in [9.17, 15) is 4.79 Å². The SMILES string of the molecule is CN1Cc2ccccc2CC1(C)COC(N)=O. The monoisotopic (exact) mass is 234 g/mol. The first-order valence-electron chi connectivity index (χ1n) is 5.71. The largest absolute Gasteiger partial charge is 0.448 e. The summed E-state index contributed by atoms with van der Waals surface area (Å²) in [7, 11) is 2.04. The Morgan fingerprint density at radius 3 is 2.76 bits per heavy atom. The summed E-state index contributed by atoms with van der Waals surface area (Å²) in [5.74, 6) is 0. The number of nitrogens with two attached hydrogens (primary N) is 1. The topological polar surface area (TPSA) is 55.6 Å². The van der Waals surface area contributed by atoms with Crippen molar-refractivity contribution in [2.24, 2.45) is 5.73 Å². The van der Waals surface area contributed by atoms with Crippen LogP contribution in [-0.4, -0.2) is 30.2 Å². The minimum absolute atomic E-state index is 0.177. The molecule has 1 aliphatic rings. The highest BCUT2D eigenvalue weighted by Gasteiger charge is 2.35. The number of hydrogen-bond donors (Lipinski definition) is 1. The van der Waals surface area contributed by atoms with Gasteiger partial charge in [-0.1, -0.05) is 24.3 Å². The summed E-state index contributed by atoms with van der Waals surface area (Å²) in [6.07, 6.45) is 0.158. The molecule has 0 saturated heterocycles. The van der Waals surface area contributed by atoms with Crippen LogP contribution in [0.3, 0.4) is 0 Å². The summed E-state index contributed by atoms with van der Waals surface area (Å²) in [5, 5.41) is 0. The molecule has 1 aliphatic heterocycles. The van der Waals surface area contributed by atoms with E-state index >= 15 is 0 Å². The first kappa shape index (κ1) is 11.9. The van der Waals surface area contributed by atoms with Gasteiger partial charge in [-0.15, -0.1) is 0 Å². The van der Waals surface area contributed by atoms with E-state index in [0.717, 1.165) is 13.0 Å². The van der Waals surface area contributed by atoms with Crippen LogP contribution >= 0.6 is 0 Å². The van der Waals surface area contributed by atoms with Crippen molar-refractivity contribution >= 4 is 6.09 Å². The number of likely N-dealkylation sites (N-methyl/N-ethyl adjacent to an activating group) is 1. The van der Waals surface area contributed by atoms with Crippen LogP contribution in [0.1, 0.15) is 18.1 Å². The van der Waals surface area contributed by atoms with Gasteiger partial charge in [-0.05, 0) is 31.5 Å². The minimum atomic E-state index is -0.710. The van der Waals surface area contributed by atoms with Gasteiger partial charge in [-0.2, -0.15) is 0 Å². The van der Waals surface area contributed by atoms with E-state index in [0.29, 0.717) is 6.61 Å². The molecule has 1 atom stereocenters. The Labute approximate surface area is 101 Å². The molecule has 0 bridgehead atoms. The summed E-state index contributed by atoms with van der Waals surface area (Å²) in [6, 6.07) is 8.36. The molecule has 17 heavy (non-hydrogen) atoms. The molecular formula is C13H18N2O2. The molecule has 1 amide bonds. The van der Waals surface area contributed by atoms with Crippen LogP contribution in [0.25, 0.3) is 0 Å². The third-order valence-electron chi connectivity index (χ3n) is 3.54. The number of fused-ring (bicyclic) bond motifs is 1. The van der Waals surface area contributed by atoms with Crippen LogP contribution in [-0.2, 0) is 17.7 Å². The summed E-state index contributed by atoms with van der Waals surface area (Å²) >= 11 is 0. The van der Waals surface area contributed by atoms with Gasteiger partial charge in [0.1, 0.15) is 6.61 Å². The maximum absolute atomic E-state index is 10.7. The number of hydrogen-bond acceptors (Lipinski definition) is 3. The van der Waals surface area contributed by atoms with Gasteiger partial charge in [0.25, 0.3) is 0 Å². The van der Waals surface area contributed by atoms with Gasteiger partial charge in [-0.25, -0.2) is 4.79 Å². The number of primary amides is 1. The molecule has 2 N–H and O–H groups in total. The van der Waals surface area contributed by atoms with Gasteiger partial charge >= 0.3 is 6.09 Å². The molecule has 0 fully saturated rings. The lowest BCUT2D eigenvalue weighted by atomic mass is 9.85. The molecule has 1 aromatic rings. The fraction of sp³-hybridized carbons (Fsp3) is 0.462. The van der Waals surface area contributed by atoms with Gasteiger partial charge in [-0.3, -0.25) is 4.90 Å². The Kier molecular flexibility index (Phi) is 3.07. The average molecular weight is 234 g/mol. The van der Waals surface area contributed by atoms with Crippen molar-refractivity contribution in [1.82, 2.24) is 4.90 Å². The number of ether oxygens (including phenoxy) is 1. The first-order valence-corrected chi connectivity index (χ1v) is 5.71. The van der Waals surface area contributed by atoms with E-state index in [1.807, 2.05) is 13.1 Å². The predicted molar refractivity (Wildman–Crippen MR) is 65.6 cm³/mol. The van der Waals surface area contributed by atoms with Gasteiger partial charge < -0.3 is 10.5 Å². The number of amides is 1. The Hall–Kier alpha value is -1.55. The highest BCUT2D eigenvalue weighted by molar-refractivity contribution is 5.64. The van der Waals surface area contributed by atoms with Gasteiger partial charge in [0, 0.05) is 6.54 Å². The van der Waals surface area contributed by atoms with Crippen molar-refractivity contribution in [3.8, 4) is 0 Å². The number of carbonyl (C=O) groups is 1. The van der Waals surface area contributed by atoms with Crippen LogP contribution in [0.15, 0.2) is 24.3 Å². The summed E-state index contributed by atoms with van der Waals surface area (Å²) < 4.78 is 4.97. The smallest absolute Gasteiger partial charge is 0.404 e. The van der Waals surface area contributed by atoms with Crippen molar-refractivity contribution in [3.05, 3.63) is 35.4 Å². The molecule has 0 saturated carbocycles. The molecule has 0 spiro atoms. The highest BCUT2D eigenvalue weighted by atomic mass is 16.5. The molecule has 0 radical (unpaired) electrons. The van der Waals surface area contributed by atoms with Crippen molar-refractivity contribution in [1.29, 1.82) is 0 Å². The van der Waals surface area contributed by atoms with Crippen molar-refractivity contribution < 1.29 is 9.53 Å². The predicted octanol–water partition coefficient (Wildman–Crippen LogP) is 1.53. The van der Waals surface area contributed by atoms with E-state index in [-0.39, 0.29) is 5.54 Å². The van der Waals surface area contributed by atoms with Crippen molar-refractivity contribution in [2.75, 3.05) is 13.7 Å². The minimum Gasteiger partial charge on any atom is -0.448 e. The van der Waals surface area contributed by atoms with Gasteiger partial charge in [0.2, 0.25) is 0 Å². The molecule has 1 aromatic carbocycles. The number of rotatable bonds is 2. The molecule has 92 valence electrons. The maximum Gasteiger partial charge on any atom is 0.404 e. The standard InChI is InChI=1S/C13H18N2O2/c1-13(9-17-12(14)16)7-10-5-3-4-6-11(10)8-15(13)2/h3-6H,7-9H2,1-2H3,(H2,14,16). The summed E-state index contributed by atoms with van der Waals surface area (Å²) in [6.45, 7) is 3.29. The second-order valence-corrected chi connectivity index (χ2v) is 4.91. The third-order valence-corrected chi connectivity index (χ3v) is 3.54. The summed E-state index contributed by atoms with van der Waals surface area (Å²) in [4.78, 5) is 12.9. The van der Waals surface area contributed by atoms with Crippen LogP contribution in [0.4, 0.5) is 4.79 Å². The second-order valence-electron chi connectivity index (χ2n) is 4.91. The zero-order chi connectivity index (χ0) is 12.5. The molecule has 1 unspecified atom stereocenters. The molecule has 0 aliphatic carbocycles. The average Bonchev–Trinajstić information content (AvgIpc) is 2.28. The highest BCUT2D eigenvalue weighted by Crippen LogP contribution is 2.29. The number of benzene rings is 1. The van der Waals surface area contributed by atoms with Crippen LogP contribution in [0, 0.1) is 0 Å². The Morgan fingerprint density at radius 1 is 1.47 bits per heavy atom. The van der Waals surface area contributed by atoms with Gasteiger partial charge in [0.05, 0.1) is 5.54 Å². The van der Waals surface area contributed by atoms with E-state index in [1.54, 1.807) is 0 Å². The van der Waals surface area contributed by atoms with E-state index in [2.05, 4.69) is 30.0 Å². The molecule has 4 nitrogen and oxygen atoms in total. The number of carbonyl (C=O) groups excluding carboxylic acids is 1. The molecule has 4 heteroatoms. The van der Waals surface area contributed by atoms with Crippen LogP contribution in [0.2, 0.25) is 0 Å². The molecule has 0 aromatic heterocycles. The van der Waals surface area contributed by atoms with Crippen LogP contribution < -0.4 is 5.73 Å². The fourth-order valence-corrected chi connectivity index (χ4v) is 2.26. The second kappa shape index (κ2) is 4.37. The van der Waals surface area contributed by atoms with E-state index < -0.39 is 6.09 Å². The Balaban J connectivity index is 2.18. The zero-order valence-corrected chi connectivity index (χ0v) is 10.3. The molecule has 1 heterocycles. The number of nitrogens with zero attached hydrogens (tertiary/aromatic N) is 1. The normalized spacial score (nSPS) is 24.1.